The molecule has 2 unspecified atom stereocenters. The van der Waals surface area contributed by atoms with Crippen molar-refractivity contribution in [3.8, 4) is 0 Å². The van der Waals surface area contributed by atoms with Crippen LogP contribution in [0.25, 0.3) is 0 Å². The van der Waals surface area contributed by atoms with Crippen LogP contribution in [0.1, 0.15) is 28.2 Å². The first-order valence-corrected chi connectivity index (χ1v) is 9.33. The van der Waals surface area contributed by atoms with E-state index in [4.69, 9.17) is 4.78 Å². The minimum absolute atomic E-state index is 0.0258. The zero-order valence-corrected chi connectivity index (χ0v) is 13.9. The molecule has 2 N–H and O–H groups in total. The monoisotopic (exact) mass is 333 g/mol. The molecule has 0 saturated carbocycles. The maximum absolute atomic E-state index is 12.4. The van der Waals surface area contributed by atoms with Gasteiger partial charge in [-0.3, -0.25) is 9.48 Å². The van der Waals surface area contributed by atoms with Crippen molar-refractivity contribution in [3.05, 3.63) is 41.2 Å². The second-order valence-electron chi connectivity index (χ2n) is 5.89. The van der Waals surface area contributed by atoms with Crippen LogP contribution >= 0.6 is 0 Å². The Balaban J connectivity index is 1.74. The molecular formula is C15H19N5O2S. The lowest BCUT2D eigenvalue weighted by atomic mass is 9.95. The SMILES string of the molecule is Cn1nnc2c1CC(NC(=O)c1cccc(S(C)(=N)=O)c1)CC2. The Kier molecular flexibility index (Phi) is 3.93. The summed E-state index contributed by atoms with van der Waals surface area (Å²) in [4.78, 5) is 12.8. The van der Waals surface area contributed by atoms with Crippen molar-refractivity contribution in [2.24, 2.45) is 7.05 Å². The van der Waals surface area contributed by atoms with E-state index in [0.29, 0.717) is 16.9 Å². The molecule has 0 bridgehead atoms. The summed E-state index contributed by atoms with van der Waals surface area (Å²) in [6, 6.07) is 6.50. The van der Waals surface area contributed by atoms with Crippen molar-refractivity contribution in [1.82, 2.24) is 20.3 Å². The maximum atomic E-state index is 12.4. The average Bonchev–Trinajstić information content (AvgIpc) is 2.88. The third-order valence-electron chi connectivity index (χ3n) is 4.07. The molecule has 1 heterocycles. The van der Waals surface area contributed by atoms with Gasteiger partial charge in [0.2, 0.25) is 0 Å². The van der Waals surface area contributed by atoms with Gasteiger partial charge in [0.25, 0.3) is 5.91 Å². The van der Waals surface area contributed by atoms with Gasteiger partial charge < -0.3 is 5.32 Å². The van der Waals surface area contributed by atoms with Gasteiger partial charge in [-0.05, 0) is 31.0 Å². The first-order chi connectivity index (χ1) is 10.8. The lowest BCUT2D eigenvalue weighted by Gasteiger charge is -2.23. The van der Waals surface area contributed by atoms with Gasteiger partial charge in [-0.25, -0.2) is 8.99 Å². The number of carbonyl (C=O) groups is 1. The number of carbonyl (C=O) groups excluding carboxylic acids is 1. The standard InChI is InChI=1S/C15H19N5O2S/c1-20-14-9-11(6-7-13(14)18-19-20)17-15(21)10-4-3-5-12(8-10)23(2,16)22/h3-5,8,11,16H,6-7,9H2,1-2H3,(H,17,21). The predicted octanol–water partition coefficient (Wildman–Crippen LogP) is 1.14. The molecule has 1 aliphatic rings. The molecule has 0 fully saturated rings. The summed E-state index contributed by atoms with van der Waals surface area (Å²) >= 11 is 0. The molecule has 2 atom stereocenters. The number of nitrogens with one attached hydrogen (secondary N) is 2. The van der Waals surface area contributed by atoms with E-state index in [2.05, 4.69) is 15.6 Å². The molecule has 1 amide bonds. The number of fused-ring (bicyclic) bond motifs is 1. The van der Waals surface area contributed by atoms with Crippen LogP contribution in [0.4, 0.5) is 0 Å². The third kappa shape index (κ3) is 3.26. The molecule has 23 heavy (non-hydrogen) atoms. The lowest BCUT2D eigenvalue weighted by Crippen LogP contribution is -2.39. The average molecular weight is 333 g/mol. The van der Waals surface area contributed by atoms with Crippen LogP contribution in [-0.4, -0.2) is 37.4 Å². The number of aryl methyl sites for hydroxylation is 2. The summed E-state index contributed by atoms with van der Waals surface area (Å²) in [5.74, 6) is -0.209. The Hall–Kier alpha value is -2.22. The van der Waals surface area contributed by atoms with E-state index in [-0.39, 0.29) is 11.9 Å². The quantitative estimate of drug-likeness (QED) is 0.879. The molecular weight excluding hydrogens is 314 g/mol. The smallest absolute Gasteiger partial charge is 0.251 e. The fourth-order valence-electron chi connectivity index (χ4n) is 2.78. The minimum Gasteiger partial charge on any atom is -0.349 e. The Bertz CT molecular complexity index is 857. The van der Waals surface area contributed by atoms with Gasteiger partial charge in [0.15, 0.2) is 0 Å². The van der Waals surface area contributed by atoms with Crippen LogP contribution < -0.4 is 5.32 Å². The molecule has 3 rings (SSSR count). The normalized spacial score (nSPS) is 19.7. The van der Waals surface area contributed by atoms with Crippen LogP contribution in [0, 0.1) is 4.78 Å². The topological polar surface area (TPSA) is 101 Å². The van der Waals surface area contributed by atoms with E-state index in [1.165, 1.54) is 12.3 Å². The fourth-order valence-corrected chi connectivity index (χ4v) is 3.47. The van der Waals surface area contributed by atoms with Crippen molar-refractivity contribution >= 4 is 15.6 Å². The first kappa shape index (κ1) is 15.7. The molecule has 1 aromatic heterocycles. The summed E-state index contributed by atoms with van der Waals surface area (Å²) in [6.07, 6.45) is 3.67. The summed E-state index contributed by atoms with van der Waals surface area (Å²) < 4.78 is 21.2. The van der Waals surface area contributed by atoms with Gasteiger partial charge in [-0.1, -0.05) is 11.3 Å². The highest BCUT2D eigenvalue weighted by molar-refractivity contribution is 7.91. The number of nitrogens with zero attached hydrogens (tertiary/aromatic N) is 3. The zero-order chi connectivity index (χ0) is 16.6. The van der Waals surface area contributed by atoms with Gasteiger partial charge in [-0.15, -0.1) is 5.10 Å². The van der Waals surface area contributed by atoms with Gasteiger partial charge in [0.05, 0.1) is 21.1 Å². The Morgan fingerprint density at radius 3 is 3.00 bits per heavy atom. The molecule has 1 aliphatic carbocycles. The van der Waals surface area contributed by atoms with E-state index in [9.17, 15) is 9.00 Å². The van der Waals surface area contributed by atoms with Crippen LogP contribution in [-0.2, 0) is 29.6 Å². The van der Waals surface area contributed by atoms with Crippen molar-refractivity contribution in [1.29, 1.82) is 4.78 Å². The fraction of sp³-hybridized carbons (Fsp3) is 0.400. The number of hydrogen-bond donors (Lipinski definition) is 2. The third-order valence-corrected chi connectivity index (χ3v) is 5.23. The molecule has 1 aromatic carbocycles. The lowest BCUT2D eigenvalue weighted by molar-refractivity contribution is 0.0933. The highest BCUT2D eigenvalue weighted by Gasteiger charge is 2.24. The zero-order valence-electron chi connectivity index (χ0n) is 13.1. The van der Waals surface area contributed by atoms with Crippen LogP contribution in [0.5, 0.6) is 0 Å². The molecule has 0 saturated heterocycles. The Morgan fingerprint density at radius 2 is 2.26 bits per heavy atom. The number of rotatable bonds is 3. The van der Waals surface area contributed by atoms with Gasteiger partial charge in [0, 0.05) is 36.2 Å². The van der Waals surface area contributed by atoms with E-state index in [1.54, 1.807) is 22.9 Å². The molecule has 122 valence electrons. The van der Waals surface area contributed by atoms with Crippen LogP contribution in [0.3, 0.4) is 0 Å². The van der Waals surface area contributed by atoms with E-state index in [1.807, 2.05) is 7.05 Å². The summed E-state index contributed by atoms with van der Waals surface area (Å²) in [5, 5.41) is 11.1. The van der Waals surface area contributed by atoms with Crippen molar-refractivity contribution < 1.29 is 9.00 Å². The molecule has 0 aliphatic heterocycles. The minimum atomic E-state index is -2.83. The van der Waals surface area contributed by atoms with E-state index in [0.717, 1.165) is 24.2 Å². The van der Waals surface area contributed by atoms with E-state index < -0.39 is 9.73 Å². The molecule has 0 radical (unpaired) electrons. The Labute approximate surface area is 135 Å². The second kappa shape index (κ2) is 5.77. The molecule has 8 heteroatoms. The van der Waals surface area contributed by atoms with Gasteiger partial charge in [0.1, 0.15) is 0 Å². The van der Waals surface area contributed by atoms with Crippen molar-refractivity contribution in [2.75, 3.05) is 6.26 Å². The van der Waals surface area contributed by atoms with Crippen molar-refractivity contribution in [2.45, 2.75) is 30.2 Å². The summed E-state index contributed by atoms with van der Waals surface area (Å²) in [5.41, 5.74) is 2.48. The second-order valence-corrected chi connectivity index (χ2v) is 8.05. The highest BCUT2D eigenvalue weighted by atomic mass is 32.2. The number of hydrogen-bond acceptors (Lipinski definition) is 5. The Morgan fingerprint density at radius 1 is 1.48 bits per heavy atom. The maximum Gasteiger partial charge on any atom is 0.251 e. The van der Waals surface area contributed by atoms with Gasteiger partial charge in [-0.2, -0.15) is 0 Å². The number of aromatic nitrogens is 3. The summed E-state index contributed by atoms with van der Waals surface area (Å²) in [7, 11) is -0.977. The van der Waals surface area contributed by atoms with Gasteiger partial charge >= 0.3 is 0 Å². The largest absolute Gasteiger partial charge is 0.349 e. The van der Waals surface area contributed by atoms with Crippen LogP contribution in [0.15, 0.2) is 29.2 Å². The predicted molar refractivity (Wildman–Crippen MR) is 85.8 cm³/mol. The number of amides is 1. The number of benzene rings is 1. The van der Waals surface area contributed by atoms with Crippen molar-refractivity contribution in [3.63, 3.8) is 0 Å². The first-order valence-electron chi connectivity index (χ1n) is 7.37. The van der Waals surface area contributed by atoms with Crippen LogP contribution in [0.2, 0.25) is 0 Å². The highest BCUT2D eigenvalue weighted by Crippen LogP contribution is 2.19. The van der Waals surface area contributed by atoms with E-state index >= 15 is 0 Å². The molecule has 2 aromatic rings. The molecule has 0 spiro atoms. The summed E-state index contributed by atoms with van der Waals surface area (Å²) in [6.45, 7) is 0. The molecule has 7 nitrogen and oxygen atoms in total.